The SMILES string of the molecule is CCC1(c2ccc(F)cn2)CCNC1. The predicted octanol–water partition coefficient (Wildman–Crippen LogP) is 1.86. The number of nitrogens with zero attached hydrogens (tertiary/aromatic N) is 1. The zero-order valence-corrected chi connectivity index (χ0v) is 8.39. The van der Waals surface area contributed by atoms with Gasteiger partial charge >= 0.3 is 0 Å². The van der Waals surface area contributed by atoms with Crippen LogP contribution in [0.2, 0.25) is 0 Å². The van der Waals surface area contributed by atoms with Crippen molar-refractivity contribution < 1.29 is 4.39 Å². The molecule has 0 aromatic carbocycles. The normalized spacial score (nSPS) is 26.7. The number of halogens is 1. The third-order valence-electron chi connectivity index (χ3n) is 3.19. The minimum atomic E-state index is -0.258. The van der Waals surface area contributed by atoms with Crippen molar-refractivity contribution >= 4 is 0 Å². The smallest absolute Gasteiger partial charge is 0.141 e. The van der Waals surface area contributed by atoms with Gasteiger partial charge in [0.15, 0.2) is 0 Å². The summed E-state index contributed by atoms with van der Waals surface area (Å²) in [7, 11) is 0. The largest absolute Gasteiger partial charge is 0.316 e. The number of rotatable bonds is 2. The maximum atomic E-state index is 12.7. The molecule has 3 heteroatoms. The van der Waals surface area contributed by atoms with Crippen molar-refractivity contribution in [3.05, 3.63) is 29.8 Å². The first-order valence-electron chi connectivity index (χ1n) is 5.10. The van der Waals surface area contributed by atoms with Gasteiger partial charge in [-0.15, -0.1) is 0 Å². The molecule has 14 heavy (non-hydrogen) atoms. The molecule has 2 rings (SSSR count). The molecule has 1 aliphatic heterocycles. The highest BCUT2D eigenvalue weighted by Gasteiger charge is 2.34. The highest BCUT2D eigenvalue weighted by Crippen LogP contribution is 2.32. The average Bonchev–Trinajstić information content (AvgIpc) is 2.68. The van der Waals surface area contributed by atoms with Crippen LogP contribution in [0, 0.1) is 5.82 Å². The van der Waals surface area contributed by atoms with Gasteiger partial charge in [-0.3, -0.25) is 4.98 Å². The van der Waals surface area contributed by atoms with Gasteiger partial charge in [0.2, 0.25) is 0 Å². The monoisotopic (exact) mass is 194 g/mol. The van der Waals surface area contributed by atoms with E-state index in [0.717, 1.165) is 31.6 Å². The van der Waals surface area contributed by atoms with Gasteiger partial charge in [0, 0.05) is 17.7 Å². The third-order valence-corrected chi connectivity index (χ3v) is 3.19. The third kappa shape index (κ3) is 1.52. The van der Waals surface area contributed by atoms with Crippen molar-refractivity contribution in [1.82, 2.24) is 10.3 Å². The van der Waals surface area contributed by atoms with E-state index in [1.54, 1.807) is 0 Å². The van der Waals surface area contributed by atoms with Crippen molar-refractivity contribution in [1.29, 1.82) is 0 Å². The van der Waals surface area contributed by atoms with Crippen molar-refractivity contribution in [2.24, 2.45) is 0 Å². The quantitative estimate of drug-likeness (QED) is 0.777. The molecule has 1 aliphatic rings. The van der Waals surface area contributed by atoms with Gasteiger partial charge in [0.1, 0.15) is 5.82 Å². The Morgan fingerprint density at radius 3 is 2.93 bits per heavy atom. The highest BCUT2D eigenvalue weighted by atomic mass is 19.1. The summed E-state index contributed by atoms with van der Waals surface area (Å²) in [6.07, 6.45) is 3.46. The van der Waals surface area contributed by atoms with Crippen molar-refractivity contribution in [2.75, 3.05) is 13.1 Å². The molecular weight excluding hydrogens is 179 g/mol. The van der Waals surface area contributed by atoms with Gasteiger partial charge in [-0.05, 0) is 31.5 Å². The lowest BCUT2D eigenvalue weighted by atomic mass is 9.81. The zero-order chi connectivity index (χ0) is 10.0. The molecule has 1 aromatic heterocycles. The van der Waals surface area contributed by atoms with Gasteiger partial charge < -0.3 is 5.32 Å². The Morgan fingerprint density at radius 2 is 2.43 bits per heavy atom. The molecular formula is C11H15FN2. The lowest BCUT2D eigenvalue weighted by molar-refractivity contribution is 0.438. The molecule has 0 bridgehead atoms. The van der Waals surface area contributed by atoms with Crippen LogP contribution in [0.3, 0.4) is 0 Å². The first-order valence-corrected chi connectivity index (χ1v) is 5.10. The molecule has 0 spiro atoms. The highest BCUT2D eigenvalue weighted by molar-refractivity contribution is 5.20. The molecule has 1 fully saturated rings. The summed E-state index contributed by atoms with van der Waals surface area (Å²) in [5, 5.41) is 3.34. The standard InChI is InChI=1S/C11H15FN2/c1-2-11(5-6-13-8-11)10-4-3-9(12)7-14-10/h3-4,7,13H,2,5-6,8H2,1H3. The fourth-order valence-corrected chi connectivity index (χ4v) is 2.13. The summed E-state index contributed by atoms with van der Waals surface area (Å²) < 4.78 is 12.7. The number of hydrogen-bond acceptors (Lipinski definition) is 2. The van der Waals surface area contributed by atoms with Crippen LogP contribution in [0.25, 0.3) is 0 Å². The van der Waals surface area contributed by atoms with Crippen molar-refractivity contribution in [3.63, 3.8) is 0 Å². The second-order valence-electron chi connectivity index (χ2n) is 3.92. The fourth-order valence-electron chi connectivity index (χ4n) is 2.13. The van der Waals surface area contributed by atoms with Gasteiger partial charge in [-0.25, -0.2) is 4.39 Å². The van der Waals surface area contributed by atoms with E-state index < -0.39 is 0 Å². The van der Waals surface area contributed by atoms with E-state index in [9.17, 15) is 4.39 Å². The molecule has 2 nitrogen and oxygen atoms in total. The van der Waals surface area contributed by atoms with Gasteiger partial charge in [-0.2, -0.15) is 0 Å². The Bertz CT molecular complexity index is 302. The summed E-state index contributed by atoms with van der Waals surface area (Å²) in [6, 6.07) is 3.31. The molecule has 2 heterocycles. The van der Waals surface area contributed by atoms with Crippen LogP contribution in [0.4, 0.5) is 4.39 Å². The first-order chi connectivity index (χ1) is 6.77. The van der Waals surface area contributed by atoms with Gasteiger partial charge in [0.25, 0.3) is 0 Å². The van der Waals surface area contributed by atoms with E-state index in [2.05, 4.69) is 17.2 Å². The van der Waals surface area contributed by atoms with E-state index in [0.29, 0.717) is 0 Å². The lowest BCUT2D eigenvalue weighted by Gasteiger charge is -2.25. The zero-order valence-electron chi connectivity index (χ0n) is 8.39. The summed E-state index contributed by atoms with van der Waals surface area (Å²) in [4.78, 5) is 4.19. The molecule has 1 unspecified atom stereocenters. The minimum absolute atomic E-state index is 0.133. The minimum Gasteiger partial charge on any atom is -0.316 e. The molecule has 1 saturated heterocycles. The van der Waals surface area contributed by atoms with Crippen LogP contribution in [0.1, 0.15) is 25.5 Å². The van der Waals surface area contributed by atoms with Crippen molar-refractivity contribution in [2.45, 2.75) is 25.2 Å². The lowest BCUT2D eigenvalue weighted by Crippen LogP contribution is -2.29. The average molecular weight is 194 g/mol. The van der Waals surface area contributed by atoms with Crippen LogP contribution in [0.5, 0.6) is 0 Å². The van der Waals surface area contributed by atoms with Gasteiger partial charge in [-0.1, -0.05) is 6.92 Å². The Labute approximate surface area is 83.6 Å². The van der Waals surface area contributed by atoms with Crippen LogP contribution in [-0.2, 0) is 5.41 Å². The second-order valence-corrected chi connectivity index (χ2v) is 3.92. The van der Waals surface area contributed by atoms with Crippen molar-refractivity contribution in [3.8, 4) is 0 Å². The number of nitrogens with one attached hydrogen (secondary N) is 1. The second kappa shape index (κ2) is 3.65. The first kappa shape index (κ1) is 9.59. The number of pyridine rings is 1. The van der Waals surface area contributed by atoms with E-state index in [1.807, 2.05) is 6.07 Å². The molecule has 1 aromatic rings. The molecule has 0 saturated carbocycles. The maximum absolute atomic E-state index is 12.7. The Balaban J connectivity index is 2.31. The maximum Gasteiger partial charge on any atom is 0.141 e. The fraction of sp³-hybridized carbons (Fsp3) is 0.545. The van der Waals surface area contributed by atoms with E-state index >= 15 is 0 Å². The molecule has 0 amide bonds. The van der Waals surface area contributed by atoms with E-state index in [1.165, 1.54) is 12.3 Å². The Kier molecular flexibility index (Phi) is 2.50. The van der Waals surface area contributed by atoms with Crippen LogP contribution >= 0.6 is 0 Å². The molecule has 1 atom stereocenters. The molecule has 0 radical (unpaired) electrons. The van der Waals surface area contributed by atoms with E-state index in [-0.39, 0.29) is 11.2 Å². The Morgan fingerprint density at radius 1 is 1.57 bits per heavy atom. The summed E-state index contributed by atoms with van der Waals surface area (Å²) in [6.45, 7) is 4.16. The predicted molar refractivity (Wildman–Crippen MR) is 53.7 cm³/mol. The Hall–Kier alpha value is -0.960. The molecule has 76 valence electrons. The molecule has 1 N–H and O–H groups in total. The summed E-state index contributed by atoms with van der Waals surface area (Å²) in [5.74, 6) is -0.258. The summed E-state index contributed by atoms with van der Waals surface area (Å²) in [5.41, 5.74) is 1.15. The van der Waals surface area contributed by atoms with Gasteiger partial charge in [0.05, 0.1) is 6.20 Å². The topological polar surface area (TPSA) is 24.9 Å². The number of hydrogen-bond donors (Lipinski definition) is 1. The van der Waals surface area contributed by atoms with Crippen LogP contribution in [-0.4, -0.2) is 18.1 Å². The van der Waals surface area contributed by atoms with Crippen LogP contribution in [0.15, 0.2) is 18.3 Å². The van der Waals surface area contributed by atoms with Crippen LogP contribution < -0.4 is 5.32 Å². The molecule has 0 aliphatic carbocycles. The van der Waals surface area contributed by atoms with E-state index in [4.69, 9.17) is 0 Å². The number of aromatic nitrogens is 1. The summed E-state index contributed by atoms with van der Waals surface area (Å²) >= 11 is 0.